The van der Waals surface area contributed by atoms with Crippen molar-refractivity contribution in [3.8, 4) is 0 Å². The fourth-order valence-corrected chi connectivity index (χ4v) is 3.75. The summed E-state index contributed by atoms with van der Waals surface area (Å²) in [6.45, 7) is 8.01. The Balaban J connectivity index is 2.02. The first-order valence-electron chi connectivity index (χ1n) is 6.23. The van der Waals surface area contributed by atoms with Gasteiger partial charge in [-0.1, -0.05) is 6.08 Å². The molecule has 1 aliphatic heterocycles. The van der Waals surface area contributed by atoms with Gasteiger partial charge in [0.1, 0.15) is 0 Å². The summed E-state index contributed by atoms with van der Waals surface area (Å²) in [5.74, 6) is 0.180. The monoisotopic (exact) mass is 268 g/mol. The smallest absolute Gasteiger partial charge is 0.173 e. The van der Waals surface area contributed by atoms with Gasteiger partial charge in [-0.2, -0.15) is 0 Å². The van der Waals surface area contributed by atoms with Crippen LogP contribution in [-0.2, 0) is 22.9 Å². The van der Waals surface area contributed by atoms with E-state index in [4.69, 9.17) is 0 Å². The molecule has 2 rings (SSSR count). The van der Waals surface area contributed by atoms with E-state index in [1.165, 1.54) is 22.4 Å². The van der Waals surface area contributed by atoms with Gasteiger partial charge in [-0.25, -0.2) is 8.42 Å². The Morgan fingerprint density at radius 2 is 2.17 bits per heavy atom. The summed E-state index contributed by atoms with van der Waals surface area (Å²) >= 11 is 0. The van der Waals surface area contributed by atoms with E-state index >= 15 is 0 Å². The second-order valence-electron chi connectivity index (χ2n) is 4.79. The summed E-state index contributed by atoms with van der Waals surface area (Å²) in [6.07, 6.45) is 1.73. The first-order chi connectivity index (χ1) is 8.43. The molecule has 100 valence electrons. The van der Waals surface area contributed by atoms with Crippen molar-refractivity contribution in [1.82, 2.24) is 9.88 Å². The fraction of sp³-hybridized carbons (Fsp3) is 0.538. The Bertz CT molecular complexity index is 570. The number of hydrogen-bond acceptors (Lipinski definition) is 3. The molecule has 0 saturated carbocycles. The predicted molar refractivity (Wildman–Crippen MR) is 73.1 cm³/mol. The van der Waals surface area contributed by atoms with Crippen molar-refractivity contribution < 1.29 is 8.42 Å². The Hall–Kier alpha value is -1.07. The van der Waals surface area contributed by atoms with Crippen LogP contribution < -0.4 is 5.32 Å². The van der Waals surface area contributed by atoms with Gasteiger partial charge in [-0.15, -0.1) is 0 Å². The lowest BCUT2D eigenvalue weighted by atomic mass is 10.2. The molecule has 0 radical (unpaired) electrons. The van der Waals surface area contributed by atoms with E-state index in [9.17, 15) is 8.42 Å². The highest BCUT2D eigenvalue weighted by atomic mass is 32.2. The summed E-state index contributed by atoms with van der Waals surface area (Å²) in [5.41, 5.74) is 3.75. The molecule has 0 fully saturated rings. The first-order valence-corrected chi connectivity index (χ1v) is 7.94. The molecule has 0 saturated heterocycles. The quantitative estimate of drug-likeness (QED) is 0.901. The number of hydrogen-bond donors (Lipinski definition) is 1. The highest BCUT2D eigenvalue weighted by Gasteiger charge is 2.21. The molecule has 4 nitrogen and oxygen atoms in total. The Labute approximate surface area is 109 Å². The van der Waals surface area contributed by atoms with Crippen molar-refractivity contribution >= 4 is 9.84 Å². The molecular formula is C13H20N2O2S. The van der Waals surface area contributed by atoms with Gasteiger partial charge in [0, 0.05) is 35.9 Å². The van der Waals surface area contributed by atoms with Gasteiger partial charge in [0.05, 0.1) is 5.75 Å². The number of nitrogens with one attached hydrogen (secondary N) is 1. The van der Waals surface area contributed by atoms with E-state index < -0.39 is 9.84 Å². The second kappa shape index (κ2) is 4.90. The lowest BCUT2D eigenvalue weighted by molar-refractivity contribution is 0.589. The van der Waals surface area contributed by atoms with Gasteiger partial charge in [0.25, 0.3) is 0 Å². The third kappa shape index (κ3) is 2.67. The Kier molecular flexibility index (Phi) is 3.64. The van der Waals surface area contributed by atoms with Crippen molar-refractivity contribution in [2.24, 2.45) is 0 Å². The lowest BCUT2D eigenvalue weighted by Crippen LogP contribution is -2.29. The number of aromatic nitrogens is 1. The van der Waals surface area contributed by atoms with Gasteiger partial charge in [0.2, 0.25) is 0 Å². The van der Waals surface area contributed by atoms with E-state index in [-0.39, 0.29) is 11.8 Å². The summed E-state index contributed by atoms with van der Waals surface area (Å²) in [4.78, 5) is 0. The maximum Gasteiger partial charge on any atom is 0.173 e. The van der Waals surface area contributed by atoms with Crippen LogP contribution in [0.25, 0.3) is 0 Å². The van der Waals surface area contributed by atoms with E-state index in [0.717, 1.165) is 6.54 Å². The zero-order valence-electron chi connectivity index (χ0n) is 11.1. The fourth-order valence-electron chi connectivity index (χ4n) is 2.48. The van der Waals surface area contributed by atoms with E-state index in [1.807, 2.05) is 0 Å². The minimum Gasteiger partial charge on any atom is -0.349 e. The maximum atomic E-state index is 11.3. The van der Waals surface area contributed by atoms with Crippen LogP contribution in [0, 0.1) is 13.8 Å². The number of aryl methyl sites for hydroxylation is 1. The van der Waals surface area contributed by atoms with Crippen LogP contribution in [-0.4, -0.2) is 24.8 Å². The number of nitrogens with zero attached hydrogens (tertiary/aromatic N) is 1. The average Bonchev–Trinajstić information content (AvgIpc) is 2.77. The van der Waals surface area contributed by atoms with Gasteiger partial charge in [0.15, 0.2) is 9.84 Å². The molecule has 1 aromatic rings. The van der Waals surface area contributed by atoms with Crippen LogP contribution in [0.5, 0.6) is 0 Å². The van der Waals surface area contributed by atoms with Crippen LogP contribution in [0.2, 0.25) is 0 Å². The van der Waals surface area contributed by atoms with E-state index in [0.29, 0.717) is 6.54 Å². The molecule has 1 unspecified atom stereocenters. The van der Waals surface area contributed by atoms with E-state index in [1.54, 1.807) is 6.08 Å². The lowest BCUT2D eigenvalue weighted by Gasteiger charge is -2.10. The standard InChI is InChI=1S/C13H20N2O2S/c1-4-15-10(2)7-12(11(15)3)8-14-13-5-6-18(16,17)9-13/h5-7,13-14H,4,8-9H2,1-3H3. The maximum absolute atomic E-state index is 11.3. The topological polar surface area (TPSA) is 51.1 Å². The summed E-state index contributed by atoms with van der Waals surface area (Å²) in [6, 6.07) is 2.11. The molecule has 5 heteroatoms. The predicted octanol–water partition coefficient (Wildman–Crippen LogP) is 1.53. The largest absolute Gasteiger partial charge is 0.349 e. The SMILES string of the molecule is CCn1c(C)cc(CNC2C=CS(=O)(=O)C2)c1C. The van der Waals surface area contributed by atoms with Crippen molar-refractivity contribution in [1.29, 1.82) is 0 Å². The molecule has 0 aromatic carbocycles. The Morgan fingerprint density at radius 1 is 1.44 bits per heavy atom. The highest BCUT2D eigenvalue weighted by Crippen LogP contribution is 2.16. The minimum absolute atomic E-state index is 0.0558. The zero-order chi connectivity index (χ0) is 13.3. The number of rotatable bonds is 4. The summed E-state index contributed by atoms with van der Waals surface area (Å²) in [7, 11) is -2.97. The van der Waals surface area contributed by atoms with Crippen molar-refractivity contribution in [3.05, 3.63) is 34.5 Å². The van der Waals surface area contributed by atoms with E-state index in [2.05, 4.69) is 36.7 Å². The van der Waals surface area contributed by atoms with Crippen LogP contribution in [0.4, 0.5) is 0 Å². The molecule has 0 bridgehead atoms. The summed E-state index contributed by atoms with van der Waals surface area (Å²) in [5, 5.41) is 4.59. The normalized spacial score (nSPS) is 21.6. The molecule has 1 atom stereocenters. The third-order valence-corrected chi connectivity index (χ3v) is 4.88. The highest BCUT2D eigenvalue weighted by molar-refractivity contribution is 7.94. The van der Waals surface area contributed by atoms with Crippen LogP contribution in [0.15, 0.2) is 17.6 Å². The van der Waals surface area contributed by atoms with Crippen LogP contribution in [0.3, 0.4) is 0 Å². The average molecular weight is 268 g/mol. The molecule has 2 heterocycles. The minimum atomic E-state index is -2.97. The molecular weight excluding hydrogens is 248 g/mol. The van der Waals surface area contributed by atoms with Gasteiger partial charge < -0.3 is 9.88 Å². The second-order valence-corrected chi connectivity index (χ2v) is 6.72. The molecule has 1 aliphatic rings. The number of sulfone groups is 1. The van der Waals surface area contributed by atoms with Crippen molar-refractivity contribution in [2.45, 2.75) is 39.9 Å². The zero-order valence-corrected chi connectivity index (χ0v) is 11.9. The first kappa shape index (κ1) is 13.4. The van der Waals surface area contributed by atoms with Crippen molar-refractivity contribution in [2.75, 3.05) is 5.75 Å². The van der Waals surface area contributed by atoms with Crippen LogP contribution in [0.1, 0.15) is 23.9 Å². The third-order valence-electron chi connectivity index (χ3n) is 3.48. The van der Waals surface area contributed by atoms with Crippen molar-refractivity contribution in [3.63, 3.8) is 0 Å². The molecule has 18 heavy (non-hydrogen) atoms. The Morgan fingerprint density at radius 3 is 2.67 bits per heavy atom. The van der Waals surface area contributed by atoms with Gasteiger partial charge in [-0.05, 0) is 32.4 Å². The molecule has 1 N–H and O–H groups in total. The van der Waals surface area contributed by atoms with Gasteiger partial charge >= 0.3 is 0 Å². The molecule has 0 amide bonds. The van der Waals surface area contributed by atoms with Crippen LogP contribution >= 0.6 is 0 Å². The molecule has 0 spiro atoms. The summed E-state index contributed by atoms with van der Waals surface area (Å²) < 4.78 is 24.8. The molecule has 1 aromatic heterocycles. The molecule has 0 aliphatic carbocycles. The van der Waals surface area contributed by atoms with Gasteiger partial charge in [-0.3, -0.25) is 0 Å².